The summed E-state index contributed by atoms with van der Waals surface area (Å²) < 4.78 is 13.5. The van der Waals surface area contributed by atoms with Crippen LogP contribution in [-0.2, 0) is 4.79 Å². The van der Waals surface area contributed by atoms with E-state index in [0.717, 1.165) is 0 Å². The molecule has 138 valence electrons. The number of nitrogens with zero attached hydrogens (tertiary/aromatic N) is 2. The van der Waals surface area contributed by atoms with Crippen molar-refractivity contribution in [2.24, 2.45) is 0 Å². The number of hydrogen-bond acceptors (Lipinski definition) is 3. The molecule has 1 aromatic carbocycles. The van der Waals surface area contributed by atoms with Crippen LogP contribution >= 0.6 is 0 Å². The fraction of sp³-hybridized carbons (Fsp3) is 0.556. The average molecular weight is 350 g/mol. The lowest BCUT2D eigenvalue weighted by Gasteiger charge is -2.34. The maximum absolute atomic E-state index is 13.5. The van der Waals surface area contributed by atoms with E-state index in [1.165, 1.54) is 12.1 Å². The van der Waals surface area contributed by atoms with Crippen LogP contribution in [0.4, 0.5) is 9.18 Å². The molecule has 2 N–H and O–H groups in total. The number of amides is 3. The Morgan fingerprint density at radius 1 is 1.32 bits per heavy atom. The van der Waals surface area contributed by atoms with Gasteiger partial charge in [0.15, 0.2) is 0 Å². The lowest BCUT2D eigenvalue weighted by molar-refractivity contribution is -0.126. The van der Waals surface area contributed by atoms with Crippen LogP contribution in [0.25, 0.3) is 0 Å². The Labute approximate surface area is 148 Å². The van der Waals surface area contributed by atoms with Gasteiger partial charge in [0.25, 0.3) is 0 Å². The number of nitrogens with one attached hydrogen (secondary N) is 2. The van der Waals surface area contributed by atoms with Gasteiger partial charge in [0.05, 0.1) is 0 Å². The highest BCUT2D eigenvalue weighted by Crippen LogP contribution is 2.20. The second-order valence-corrected chi connectivity index (χ2v) is 6.53. The predicted octanol–water partition coefficient (Wildman–Crippen LogP) is 1.74. The van der Waals surface area contributed by atoms with E-state index in [-0.39, 0.29) is 23.8 Å². The quantitative estimate of drug-likeness (QED) is 0.850. The second-order valence-electron chi connectivity index (χ2n) is 6.53. The van der Waals surface area contributed by atoms with Crippen molar-refractivity contribution in [1.82, 2.24) is 20.4 Å². The zero-order valence-corrected chi connectivity index (χ0v) is 15.1. The number of piperidine rings is 1. The predicted molar refractivity (Wildman–Crippen MR) is 94.6 cm³/mol. The molecule has 1 heterocycles. The van der Waals surface area contributed by atoms with Crippen LogP contribution < -0.4 is 10.6 Å². The number of carbonyl (C=O) groups is 2. The summed E-state index contributed by atoms with van der Waals surface area (Å²) in [6, 6.07) is 5.54. The molecule has 6 nitrogen and oxygen atoms in total. The van der Waals surface area contributed by atoms with E-state index < -0.39 is 6.04 Å². The monoisotopic (exact) mass is 350 g/mol. The number of hydrogen-bond donors (Lipinski definition) is 2. The van der Waals surface area contributed by atoms with Gasteiger partial charge in [-0.3, -0.25) is 9.69 Å². The molecule has 0 bridgehead atoms. The fourth-order valence-corrected chi connectivity index (χ4v) is 3.13. The smallest absolute Gasteiger partial charge is 0.317 e. The first kappa shape index (κ1) is 19.2. The summed E-state index contributed by atoms with van der Waals surface area (Å²) in [5, 5.41) is 5.84. The van der Waals surface area contributed by atoms with Crippen LogP contribution in [0.15, 0.2) is 24.3 Å². The van der Waals surface area contributed by atoms with Gasteiger partial charge >= 0.3 is 6.03 Å². The van der Waals surface area contributed by atoms with Gasteiger partial charge < -0.3 is 15.5 Å². The first-order valence-corrected chi connectivity index (χ1v) is 8.67. The number of carbonyl (C=O) groups excluding carboxylic acids is 2. The van der Waals surface area contributed by atoms with Crippen LogP contribution in [0.1, 0.15) is 31.4 Å². The largest absolute Gasteiger partial charge is 0.352 e. The molecule has 0 aromatic heterocycles. The summed E-state index contributed by atoms with van der Waals surface area (Å²) in [6.07, 6.45) is 1.43. The van der Waals surface area contributed by atoms with Crippen LogP contribution in [0.5, 0.6) is 0 Å². The molecule has 7 heteroatoms. The Morgan fingerprint density at radius 2 is 2.00 bits per heavy atom. The van der Waals surface area contributed by atoms with E-state index in [1.807, 2.05) is 6.92 Å². The molecular weight excluding hydrogens is 323 g/mol. The van der Waals surface area contributed by atoms with E-state index >= 15 is 0 Å². The van der Waals surface area contributed by atoms with Gasteiger partial charge in [0.2, 0.25) is 5.91 Å². The zero-order valence-electron chi connectivity index (χ0n) is 15.1. The van der Waals surface area contributed by atoms with Gasteiger partial charge in [0.1, 0.15) is 11.9 Å². The molecule has 0 saturated carbocycles. The van der Waals surface area contributed by atoms with E-state index in [0.29, 0.717) is 38.0 Å². The molecule has 1 saturated heterocycles. The van der Waals surface area contributed by atoms with Crippen molar-refractivity contribution < 1.29 is 14.0 Å². The van der Waals surface area contributed by atoms with Crippen LogP contribution in [0, 0.1) is 5.82 Å². The summed E-state index contributed by atoms with van der Waals surface area (Å²) in [5.74, 6) is -0.501. The molecule has 1 fully saturated rings. The number of likely N-dealkylation sites (N-methyl/N-ethyl adjacent to an activating group) is 1. The zero-order chi connectivity index (χ0) is 18.4. The minimum Gasteiger partial charge on any atom is -0.352 e. The van der Waals surface area contributed by atoms with E-state index in [1.54, 1.807) is 36.0 Å². The van der Waals surface area contributed by atoms with E-state index in [9.17, 15) is 14.0 Å². The lowest BCUT2D eigenvalue weighted by Crippen LogP contribution is -2.50. The third kappa shape index (κ3) is 5.16. The minimum absolute atomic E-state index is 0.0224. The van der Waals surface area contributed by atoms with Crippen molar-refractivity contribution >= 4 is 11.9 Å². The Hall–Kier alpha value is -2.15. The van der Waals surface area contributed by atoms with Gasteiger partial charge in [-0.2, -0.15) is 0 Å². The molecule has 2 rings (SSSR count). The number of likely N-dealkylation sites (tertiary alicyclic amines) is 1. The Bertz CT molecular complexity index is 600. The summed E-state index contributed by atoms with van der Waals surface area (Å²) >= 11 is 0. The van der Waals surface area contributed by atoms with Crippen molar-refractivity contribution in [1.29, 1.82) is 0 Å². The summed E-state index contributed by atoms with van der Waals surface area (Å²) in [4.78, 5) is 28.1. The lowest BCUT2D eigenvalue weighted by atomic mass is 10.0. The van der Waals surface area contributed by atoms with Crippen LogP contribution in [0.3, 0.4) is 0 Å². The average Bonchev–Trinajstić information content (AvgIpc) is 2.55. The van der Waals surface area contributed by atoms with Gasteiger partial charge in [-0.05, 0) is 51.6 Å². The van der Waals surface area contributed by atoms with E-state index in [4.69, 9.17) is 0 Å². The molecule has 1 aliphatic heterocycles. The number of urea groups is 1. The summed E-state index contributed by atoms with van der Waals surface area (Å²) in [5.41, 5.74) is 0.627. The third-order valence-electron chi connectivity index (χ3n) is 4.39. The maximum Gasteiger partial charge on any atom is 0.317 e. The molecule has 1 atom stereocenters. The molecule has 0 radical (unpaired) electrons. The molecule has 1 aliphatic rings. The van der Waals surface area contributed by atoms with Crippen LogP contribution in [-0.4, -0.2) is 61.5 Å². The first-order chi connectivity index (χ1) is 11.9. The van der Waals surface area contributed by atoms with Crippen molar-refractivity contribution in [2.45, 2.75) is 31.8 Å². The van der Waals surface area contributed by atoms with Crippen molar-refractivity contribution in [3.05, 3.63) is 35.6 Å². The van der Waals surface area contributed by atoms with Crippen LogP contribution in [0.2, 0.25) is 0 Å². The van der Waals surface area contributed by atoms with Crippen molar-refractivity contribution in [3.8, 4) is 0 Å². The Kier molecular flexibility index (Phi) is 6.75. The van der Waals surface area contributed by atoms with Gasteiger partial charge in [-0.25, -0.2) is 9.18 Å². The highest BCUT2D eigenvalue weighted by atomic mass is 19.1. The molecule has 0 aliphatic carbocycles. The molecular formula is C18H27FN4O2. The van der Waals surface area contributed by atoms with Gasteiger partial charge in [0, 0.05) is 25.7 Å². The van der Waals surface area contributed by atoms with Gasteiger partial charge in [-0.15, -0.1) is 0 Å². The first-order valence-electron chi connectivity index (χ1n) is 8.67. The maximum atomic E-state index is 13.5. The number of rotatable bonds is 5. The molecule has 0 unspecified atom stereocenters. The Morgan fingerprint density at radius 3 is 2.56 bits per heavy atom. The normalized spacial score (nSPS) is 16.6. The third-order valence-corrected chi connectivity index (χ3v) is 4.39. The Balaban J connectivity index is 1.95. The number of benzene rings is 1. The SMILES string of the molecule is CCNC(=O)N1CCC(NC(=O)[C@@H](c2cccc(F)c2)N(C)C)CC1. The van der Waals surface area contributed by atoms with E-state index in [2.05, 4.69) is 10.6 Å². The standard InChI is InChI=1S/C18H27FN4O2/c1-4-20-18(25)23-10-8-15(9-11-23)21-17(24)16(22(2)3)13-6-5-7-14(19)12-13/h5-7,12,15-16H,4,8-11H2,1-3H3,(H,20,25)(H,21,24)/t16-/m1/s1. The minimum atomic E-state index is -0.544. The topological polar surface area (TPSA) is 64.7 Å². The van der Waals surface area contributed by atoms with Crippen molar-refractivity contribution in [2.75, 3.05) is 33.7 Å². The molecule has 1 aromatic rings. The molecule has 25 heavy (non-hydrogen) atoms. The summed E-state index contributed by atoms with van der Waals surface area (Å²) in [7, 11) is 3.60. The molecule has 3 amide bonds. The highest BCUT2D eigenvalue weighted by Gasteiger charge is 2.28. The fourth-order valence-electron chi connectivity index (χ4n) is 3.13. The van der Waals surface area contributed by atoms with Crippen molar-refractivity contribution in [3.63, 3.8) is 0 Å². The highest BCUT2D eigenvalue weighted by molar-refractivity contribution is 5.83. The second kappa shape index (κ2) is 8.80. The summed E-state index contributed by atoms with van der Waals surface area (Å²) in [6.45, 7) is 3.72. The van der Waals surface area contributed by atoms with Gasteiger partial charge in [-0.1, -0.05) is 12.1 Å². The molecule has 0 spiro atoms. The number of halogens is 1.